The number of amides is 1. The Bertz CT molecular complexity index is 490. The molecular formula is C16H26N4O. The Kier molecular flexibility index (Phi) is 4.58. The quantitative estimate of drug-likeness (QED) is 0.920. The van der Waals surface area contributed by atoms with Crippen LogP contribution >= 0.6 is 0 Å². The van der Waals surface area contributed by atoms with Crippen LogP contribution < -0.4 is 5.32 Å². The van der Waals surface area contributed by atoms with E-state index < -0.39 is 0 Å². The van der Waals surface area contributed by atoms with E-state index in [4.69, 9.17) is 0 Å². The van der Waals surface area contributed by atoms with E-state index in [1.54, 1.807) is 0 Å². The van der Waals surface area contributed by atoms with Crippen LogP contribution in [0.2, 0.25) is 0 Å². The second-order valence-electron chi connectivity index (χ2n) is 6.26. The number of hydrogen-bond donors (Lipinski definition) is 1. The molecule has 0 spiro atoms. The fraction of sp³-hybridized carbons (Fsp3) is 0.750. The lowest BCUT2D eigenvalue weighted by Crippen LogP contribution is -2.37. The Balaban J connectivity index is 1.48. The van der Waals surface area contributed by atoms with E-state index in [0.717, 1.165) is 32.5 Å². The van der Waals surface area contributed by atoms with Gasteiger partial charge in [-0.25, -0.2) is 0 Å². The van der Waals surface area contributed by atoms with E-state index in [0.29, 0.717) is 18.4 Å². The molecule has 1 saturated heterocycles. The minimum Gasteiger partial charge on any atom is -0.343 e. The number of rotatable bonds is 4. The molecule has 5 heteroatoms. The normalized spacial score (nSPS) is 22.1. The van der Waals surface area contributed by atoms with Crippen molar-refractivity contribution in [3.8, 4) is 0 Å². The van der Waals surface area contributed by atoms with Crippen LogP contribution in [-0.4, -0.2) is 40.2 Å². The molecule has 0 saturated carbocycles. The van der Waals surface area contributed by atoms with Crippen LogP contribution in [0.5, 0.6) is 0 Å². The Morgan fingerprint density at radius 1 is 1.33 bits per heavy atom. The molecule has 1 unspecified atom stereocenters. The van der Waals surface area contributed by atoms with Gasteiger partial charge >= 0.3 is 0 Å². The Hall–Kier alpha value is -1.36. The summed E-state index contributed by atoms with van der Waals surface area (Å²) in [5.74, 6) is 0.310. The Morgan fingerprint density at radius 3 is 2.95 bits per heavy atom. The molecule has 1 fully saturated rings. The van der Waals surface area contributed by atoms with Gasteiger partial charge in [-0.05, 0) is 38.5 Å². The summed E-state index contributed by atoms with van der Waals surface area (Å²) >= 11 is 0. The van der Waals surface area contributed by atoms with Crippen molar-refractivity contribution in [2.45, 2.75) is 51.0 Å². The van der Waals surface area contributed by atoms with Crippen molar-refractivity contribution in [3.63, 3.8) is 0 Å². The highest BCUT2D eigenvalue weighted by Crippen LogP contribution is 2.28. The topological polar surface area (TPSA) is 50.2 Å². The highest BCUT2D eigenvalue weighted by molar-refractivity contribution is 5.76. The largest absolute Gasteiger partial charge is 0.343 e. The van der Waals surface area contributed by atoms with Crippen LogP contribution in [0.3, 0.4) is 0 Å². The van der Waals surface area contributed by atoms with Gasteiger partial charge in [0.1, 0.15) is 0 Å². The van der Waals surface area contributed by atoms with Crippen LogP contribution in [0, 0.1) is 0 Å². The Labute approximate surface area is 126 Å². The van der Waals surface area contributed by atoms with Crippen molar-refractivity contribution in [1.29, 1.82) is 0 Å². The number of likely N-dealkylation sites (tertiary alicyclic amines) is 1. The summed E-state index contributed by atoms with van der Waals surface area (Å²) in [4.78, 5) is 14.2. The minimum atomic E-state index is 0.310. The first-order chi connectivity index (χ1) is 10.3. The van der Waals surface area contributed by atoms with Gasteiger partial charge in [0.25, 0.3) is 0 Å². The molecule has 1 aliphatic heterocycles. The smallest absolute Gasteiger partial charge is 0.223 e. The van der Waals surface area contributed by atoms with Gasteiger partial charge in [0.05, 0.1) is 6.20 Å². The van der Waals surface area contributed by atoms with Crippen LogP contribution in [0.15, 0.2) is 6.20 Å². The highest BCUT2D eigenvalue weighted by atomic mass is 16.2. The molecule has 0 bridgehead atoms. The summed E-state index contributed by atoms with van der Waals surface area (Å²) in [5.41, 5.74) is 2.68. The van der Waals surface area contributed by atoms with Crippen molar-refractivity contribution in [2.75, 3.05) is 19.6 Å². The molecule has 0 radical (unpaired) electrons. The van der Waals surface area contributed by atoms with E-state index in [1.807, 2.05) is 22.8 Å². The monoisotopic (exact) mass is 290 g/mol. The molecule has 1 N–H and O–H groups in total. The SMILES string of the molecule is Cn1ncc2c1CCCC2NCCC(=O)N1CCCCC1. The van der Waals surface area contributed by atoms with Gasteiger partial charge in [0.2, 0.25) is 5.91 Å². The number of carbonyl (C=O) groups excluding carboxylic acids is 1. The number of carbonyl (C=O) groups is 1. The predicted octanol–water partition coefficient (Wildman–Crippen LogP) is 1.79. The zero-order chi connectivity index (χ0) is 14.7. The number of piperidine rings is 1. The summed E-state index contributed by atoms with van der Waals surface area (Å²) in [5, 5.41) is 7.93. The first-order valence-electron chi connectivity index (χ1n) is 8.27. The third kappa shape index (κ3) is 3.28. The molecule has 1 aliphatic carbocycles. The molecular weight excluding hydrogens is 264 g/mol. The van der Waals surface area contributed by atoms with Gasteiger partial charge in [-0.15, -0.1) is 0 Å². The summed E-state index contributed by atoms with van der Waals surface area (Å²) < 4.78 is 1.99. The standard InChI is InChI=1S/C16H26N4O/c1-19-15-7-5-6-14(13(15)12-18-19)17-9-8-16(21)20-10-3-2-4-11-20/h12,14,17H,2-11H2,1H3. The summed E-state index contributed by atoms with van der Waals surface area (Å²) in [6.07, 6.45) is 9.68. The first-order valence-corrected chi connectivity index (χ1v) is 8.27. The highest BCUT2D eigenvalue weighted by Gasteiger charge is 2.23. The van der Waals surface area contributed by atoms with Crippen molar-refractivity contribution < 1.29 is 4.79 Å². The average Bonchev–Trinajstić information content (AvgIpc) is 2.91. The van der Waals surface area contributed by atoms with Gasteiger partial charge in [-0.2, -0.15) is 5.10 Å². The minimum absolute atomic E-state index is 0.310. The molecule has 2 aliphatic rings. The summed E-state index contributed by atoms with van der Waals surface area (Å²) in [7, 11) is 2.01. The fourth-order valence-electron chi connectivity index (χ4n) is 3.57. The van der Waals surface area contributed by atoms with Crippen LogP contribution in [0.25, 0.3) is 0 Å². The molecule has 0 aromatic carbocycles. The molecule has 1 aromatic rings. The van der Waals surface area contributed by atoms with E-state index in [9.17, 15) is 4.79 Å². The summed E-state index contributed by atoms with van der Waals surface area (Å²) in [6, 6.07) is 0.372. The lowest BCUT2D eigenvalue weighted by atomic mass is 9.93. The van der Waals surface area contributed by atoms with Gasteiger partial charge in [0, 0.05) is 50.4 Å². The second kappa shape index (κ2) is 6.60. The van der Waals surface area contributed by atoms with Gasteiger partial charge in [0.15, 0.2) is 0 Å². The number of nitrogens with zero attached hydrogens (tertiary/aromatic N) is 3. The zero-order valence-electron chi connectivity index (χ0n) is 13.0. The molecule has 116 valence electrons. The van der Waals surface area contributed by atoms with Crippen molar-refractivity contribution >= 4 is 5.91 Å². The van der Waals surface area contributed by atoms with Crippen LogP contribution in [0.1, 0.15) is 55.8 Å². The maximum Gasteiger partial charge on any atom is 0.223 e. The molecule has 1 amide bonds. The lowest BCUT2D eigenvalue weighted by molar-refractivity contribution is -0.132. The molecule has 5 nitrogen and oxygen atoms in total. The molecule has 21 heavy (non-hydrogen) atoms. The predicted molar refractivity (Wildman–Crippen MR) is 81.9 cm³/mol. The summed E-state index contributed by atoms with van der Waals surface area (Å²) in [6.45, 7) is 2.68. The van der Waals surface area contributed by atoms with E-state index in [-0.39, 0.29) is 0 Å². The number of fused-ring (bicyclic) bond motifs is 1. The van der Waals surface area contributed by atoms with Crippen molar-refractivity contribution in [1.82, 2.24) is 20.0 Å². The average molecular weight is 290 g/mol. The maximum absolute atomic E-state index is 12.2. The molecule has 2 heterocycles. The number of aryl methyl sites for hydroxylation is 1. The van der Waals surface area contributed by atoms with E-state index in [2.05, 4.69) is 10.4 Å². The van der Waals surface area contributed by atoms with Gasteiger partial charge in [-0.1, -0.05) is 0 Å². The molecule has 3 rings (SSSR count). The van der Waals surface area contributed by atoms with Crippen LogP contribution in [0.4, 0.5) is 0 Å². The molecule has 1 aromatic heterocycles. The van der Waals surface area contributed by atoms with Gasteiger partial charge < -0.3 is 10.2 Å². The fourth-order valence-corrected chi connectivity index (χ4v) is 3.57. The Morgan fingerprint density at radius 2 is 2.14 bits per heavy atom. The molecule has 1 atom stereocenters. The van der Waals surface area contributed by atoms with Crippen molar-refractivity contribution in [3.05, 3.63) is 17.5 Å². The van der Waals surface area contributed by atoms with Crippen molar-refractivity contribution in [2.24, 2.45) is 7.05 Å². The third-order valence-electron chi connectivity index (χ3n) is 4.81. The lowest BCUT2D eigenvalue weighted by Gasteiger charge is -2.28. The third-order valence-corrected chi connectivity index (χ3v) is 4.81. The number of aromatic nitrogens is 2. The van der Waals surface area contributed by atoms with Gasteiger partial charge in [-0.3, -0.25) is 9.48 Å². The van der Waals surface area contributed by atoms with E-state index >= 15 is 0 Å². The second-order valence-corrected chi connectivity index (χ2v) is 6.26. The number of nitrogens with one attached hydrogen (secondary N) is 1. The van der Waals surface area contributed by atoms with Crippen LogP contribution in [-0.2, 0) is 18.3 Å². The first kappa shape index (κ1) is 14.6. The zero-order valence-corrected chi connectivity index (χ0v) is 13.0. The number of hydrogen-bond acceptors (Lipinski definition) is 3. The van der Waals surface area contributed by atoms with E-state index in [1.165, 1.54) is 36.9 Å². The maximum atomic E-state index is 12.2.